The lowest BCUT2D eigenvalue weighted by atomic mass is 10.2. The maximum Gasteiger partial charge on any atom is 0.315 e. The largest absolute Gasteiger partial charge is 0.466 e. The smallest absolute Gasteiger partial charge is 0.315 e. The average molecular weight is 235 g/mol. The Bertz CT molecular complexity index is 415. The lowest BCUT2D eigenvalue weighted by molar-refractivity contribution is -0.145. The maximum atomic E-state index is 11.8. The molecular formula is C13H17NO3. The van der Waals surface area contributed by atoms with E-state index in [1.807, 2.05) is 31.2 Å². The third kappa shape index (κ3) is 3.59. The number of carbonyl (C=O) groups is 2. The zero-order valence-corrected chi connectivity index (χ0v) is 10.4. The molecule has 1 aromatic rings. The number of rotatable bonds is 4. The summed E-state index contributed by atoms with van der Waals surface area (Å²) in [5, 5.41) is 0. The number of amides is 1. The van der Waals surface area contributed by atoms with Crippen molar-refractivity contribution >= 4 is 17.6 Å². The number of aryl methyl sites for hydroxylation is 1. The zero-order chi connectivity index (χ0) is 12.8. The van der Waals surface area contributed by atoms with Crippen LogP contribution in [0.2, 0.25) is 0 Å². The Morgan fingerprint density at radius 3 is 2.53 bits per heavy atom. The van der Waals surface area contributed by atoms with Crippen molar-refractivity contribution in [1.82, 2.24) is 0 Å². The fourth-order valence-electron chi connectivity index (χ4n) is 1.53. The van der Waals surface area contributed by atoms with Gasteiger partial charge >= 0.3 is 5.97 Å². The fourth-order valence-corrected chi connectivity index (χ4v) is 1.53. The van der Waals surface area contributed by atoms with Crippen LogP contribution in [0, 0.1) is 6.92 Å². The molecule has 0 bridgehead atoms. The summed E-state index contributed by atoms with van der Waals surface area (Å²) in [5.41, 5.74) is 1.80. The van der Waals surface area contributed by atoms with Gasteiger partial charge in [-0.2, -0.15) is 0 Å². The van der Waals surface area contributed by atoms with E-state index in [0.29, 0.717) is 6.61 Å². The zero-order valence-electron chi connectivity index (χ0n) is 10.4. The molecule has 0 aliphatic heterocycles. The topological polar surface area (TPSA) is 46.6 Å². The van der Waals surface area contributed by atoms with E-state index in [4.69, 9.17) is 4.74 Å². The Kier molecular flexibility index (Phi) is 4.69. The van der Waals surface area contributed by atoms with Crippen LogP contribution in [-0.2, 0) is 14.3 Å². The molecule has 4 heteroatoms. The van der Waals surface area contributed by atoms with Gasteiger partial charge in [0.15, 0.2) is 0 Å². The Hall–Kier alpha value is -1.84. The first kappa shape index (κ1) is 13.2. The third-order valence-corrected chi connectivity index (χ3v) is 2.45. The molecule has 0 aliphatic rings. The van der Waals surface area contributed by atoms with Gasteiger partial charge in [-0.05, 0) is 25.5 Å². The van der Waals surface area contributed by atoms with E-state index in [1.54, 1.807) is 14.0 Å². The summed E-state index contributed by atoms with van der Waals surface area (Å²) in [6.45, 7) is 3.93. The van der Waals surface area contributed by atoms with Gasteiger partial charge in [0.1, 0.15) is 6.42 Å². The first-order valence-electron chi connectivity index (χ1n) is 5.54. The summed E-state index contributed by atoms with van der Waals surface area (Å²) in [6, 6.07) is 7.53. The van der Waals surface area contributed by atoms with E-state index in [1.165, 1.54) is 4.90 Å². The number of hydrogen-bond donors (Lipinski definition) is 0. The van der Waals surface area contributed by atoms with Gasteiger partial charge < -0.3 is 9.64 Å². The van der Waals surface area contributed by atoms with E-state index < -0.39 is 5.97 Å². The number of esters is 1. The van der Waals surface area contributed by atoms with Crippen LogP contribution in [0.1, 0.15) is 18.9 Å². The van der Waals surface area contributed by atoms with Gasteiger partial charge in [-0.1, -0.05) is 18.2 Å². The van der Waals surface area contributed by atoms with Gasteiger partial charge in [0.05, 0.1) is 6.61 Å². The first-order valence-corrected chi connectivity index (χ1v) is 5.54. The van der Waals surface area contributed by atoms with Gasteiger partial charge in [0, 0.05) is 12.7 Å². The summed E-state index contributed by atoms with van der Waals surface area (Å²) in [5.74, 6) is -0.754. The molecule has 0 saturated carbocycles. The average Bonchev–Trinajstić information content (AvgIpc) is 2.29. The van der Waals surface area contributed by atoms with Crippen LogP contribution in [0.15, 0.2) is 24.3 Å². The molecule has 1 aromatic carbocycles. The standard InChI is InChI=1S/C13H17NO3/c1-4-17-13(16)9-12(15)14(3)11-8-6-5-7-10(11)2/h5-8H,4,9H2,1-3H3. The van der Waals surface area contributed by atoms with Crippen molar-refractivity contribution in [3.63, 3.8) is 0 Å². The molecule has 0 spiro atoms. The molecule has 0 fully saturated rings. The van der Waals surface area contributed by atoms with Gasteiger partial charge in [-0.25, -0.2) is 0 Å². The maximum absolute atomic E-state index is 11.8. The SMILES string of the molecule is CCOC(=O)CC(=O)N(C)c1ccccc1C. The van der Waals surface area contributed by atoms with Crippen LogP contribution in [0.4, 0.5) is 5.69 Å². The predicted octanol–water partition coefficient (Wildman–Crippen LogP) is 1.91. The molecule has 1 amide bonds. The summed E-state index contributed by atoms with van der Waals surface area (Å²) < 4.78 is 4.74. The van der Waals surface area contributed by atoms with E-state index >= 15 is 0 Å². The van der Waals surface area contributed by atoms with Crippen molar-refractivity contribution in [1.29, 1.82) is 0 Å². The highest BCUT2D eigenvalue weighted by Gasteiger charge is 2.16. The molecular weight excluding hydrogens is 218 g/mol. The van der Waals surface area contributed by atoms with Crippen LogP contribution >= 0.6 is 0 Å². The molecule has 0 atom stereocenters. The van der Waals surface area contributed by atoms with Crippen molar-refractivity contribution in [2.24, 2.45) is 0 Å². The summed E-state index contributed by atoms with van der Waals surface area (Å²) in [7, 11) is 1.66. The molecule has 0 saturated heterocycles. The Balaban J connectivity index is 2.70. The number of benzene rings is 1. The molecule has 0 N–H and O–H groups in total. The Morgan fingerprint density at radius 1 is 1.29 bits per heavy atom. The highest BCUT2D eigenvalue weighted by Crippen LogP contribution is 2.18. The van der Waals surface area contributed by atoms with Crippen molar-refractivity contribution in [3.05, 3.63) is 29.8 Å². The van der Waals surface area contributed by atoms with Gasteiger partial charge in [-0.3, -0.25) is 9.59 Å². The number of carbonyl (C=O) groups excluding carboxylic acids is 2. The van der Waals surface area contributed by atoms with Crippen molar-refractivity contribution in [2.75, 3.05) is 18.6 Å². The van der Waals surface area contributed by atoms with E-state index in [9.17, 15) is 9.59 Å². The number of ether oxygens (including phenoxy) is 1. The van der Waals surface area contributed by atoms with E-state index in [-0.39, 0.29) is 12.3 Å². The minimum atomic E-state index is -0.488. The number of nitrogens with zero attached hydrogens (tertiary/aromatic N) is 1. The molecule has 0 aliphatic carbocycles. The highest BCUT2D eigenvalue weighted by molar-refractivity contribution is 6.03. The summed E-state index contributed by atoms with van der Waals surface area (Å²) in [6.07, 6.45) is -0.224. The van der Waals surface area contributed by atoms with Crippen LogP contribution in [0.25, 0.3) is 0 Å². The normalized spacial score (nSPS) is 9.82. The van der Waals surface area contributed by atoms with Crippen LogP contribution in [0.5, 0.6) is 0 Å². The monoisotopic (exact) mass is 235 g/mol. The Morgan fingerprint density at radius 2 is 1.94 bits per heavy atom. The fraction of sp³-hybridized carbons (Fsp3) is 0.385. The second-order valence-electron chi connectivity index (χ2n) is 3.72. The lowest BCUT2D eigenvalue weighted by Crippen LogP contribution is -2.29. The van der Waals surface area contributed by atoms with Crippen molar-refractivity contribution in [3.8, 4) is 0 Å². The van der Waals surface area contributed by atoms with Crippen LogP contribution in [-0.4, -0.2) is 25.5 Å². The Labute approximate surface area is 101 Å². The number of hydrogen-bond acceptors (Lipinski definition) is 3. The predicted molar refractivity (Wildman–Crippen MR) is 65.8 cm³/mol. The number of para-hydroxylation sites is 1. The van der Waals surface area contributed by atoms with Gasteiger partial charge in [0.2, 0.25) is 5.91 Å². The lowest BCUT2D eigenvalue weighted by Gasteiger charge is -2.18. The molecule has 0 aromatic heterocycles. The minimum Gasteiger partial charge on any atom is -0.466 e. The van der Waals surface area contributed by atoms with Gasteiger partial charge in [0.25, 0.3) is 0 Å². The molecule has 1 rings (SSSR count). The van der Waals surface area contributed by atoms with Crippen molar-refractivity contribution in [2.45, 2.75) is 20.3 Å². The molecule has 0 radical (unpaired) electrons. The third-order valence-electron chi connectivity index (χ3n) is 2.45. The van der Waals surface area contributed by atoms with Crippen LogP contribution < -0.4 is 4.90 Å². The minimum absolute atomic E-state index is 0.224. The molecule has 0 unspecified atom stereocenters. The molecule has 0 heterocycles. The highest BCUT2D eigenvalue weighted by atomic mass is 16.5. The molecule has 17 heavy (non-hydrogen) atoms. The number of anilines is 1. The quantitative estimate of drug-likeness (QED) is 0.591. The summed E-state index contributed by atoms with van der Waals surface area (Å²) >= 11 is 0. The first-order chi connectivity index (χ1) is 8.06. The second kappa shape index (κ2) is 6.03. The second-order valence-corrected chi connectivity index (χ2v) is 3.72. The van der Waals surface area contributed by atoms with E-state index in [2.05, 4.69) is 0 Å². The van der Waals surface area contributed by atoms with Gasteiger partial charge in [-0.15, -0.1) is 0 Å². The van der Waals surface area contributed by atoms with E-state index in [0.717, 1.165) is 11.3 Å². The summed E-state index contributed by atoms with van der Waals surface area (Å²) in [4.78, 5) is 24.5. The van der Waals surface area contributed by atoms with Crippen molar-refractivity contribution < 1.29 is 14.3 Å². The van der Waals surface area contributed by atoms with Crippen LogP contribution in [0.3, 0.4) is 0 Å². The molecule has 4 nitrogen and oxygen atoms in total. The molecule has 92 valence electrons.